The second-order valence-corrected chi connectivity index (χ2v) is 5.90. The van der Waals surface area contributed by atoms with Gasteiger partial charge in [-0.15, -0.1) is 0 Å². The molecule has 0 aliphatic carbocycles. The summed E-state index contributed by atoms with van der Waals surface area (Å²) in [6, 6.07) is 5.96. The van der Waals surface area contributed by atoms with Crippen LogP contribution < -0.4 is 20.1 Å². The SMILES string of the molecule is CCOc1cc2c(cc1CNC(=NC)NCc1ccon1)OC(C)C2. The summed E-state index contributed by atoms with van der Waals surface area (Å²) in [4.78, 5) is 4.23. The molecular weight excluding hydrogens is 320 g/mol. The molecule has 1 aliphatic heterocycles. The normalized spacial score (nSPS) is 16.3. The van der Waals surface area contributed by atoms with E-state index in [1.165, 1.54) is 5.56 Å². The van der Waals surface area contributed by atoms with Crippen molar-refractivity contribution in [1.29, 1.82) is 0 Å². The van der Waals surface area contributed by atoms with Gasteiger partial charge in [0.15, 0.2) is 5.96 Å². The maximum Gasteiger partial charge on any atom is 0.191 e. The van der Waals surface area contributed by atoms with E-state index >= 15 is 0 Å². The number of benzene rings is 1. The van der Waals surface area contributed by atoms with E-state index in [0.717, 1.165) is 29.2 Å². The van der Waals surface area contributed by atoms with Crippen molar-refractivity contribution >= 4 is 5.96 Å². The minimum Gasteiger partial charge on any atom is -0.494 e. The van der Waals surface area contributed by atoms with Crippen molar-refractivity contribution in [2.24, 2.45) is 4.99 Å². The van der Waals surface area contributed by atoms with Gasteiger partial charge in [-0.25, -0.2) is 0 Å². The van der Waals surface area contributed by atoms with Crippen LogP contribution in [0.15, 0.2) is 34.0 Å². The van der Waals surface area contributed by atoms with Crippen LogP contribution in [0.25, 0.3) is 0 Å². The Balaban J connectivity index is 1.65. The standard InChI is InChI=1S/C18H24N4O3/c1-4-23-16-8-13-7-12(2)25-17(13)9-14(16)10-20-18(19-3)21-11-15-5-6-24-22-15/h5-6,8-9,12H,4,7,10-11H2,1-3H3,(H2,19,20,21). The second kappa shape index (κ2) is 7.92. The number of aromatic nitrogens is 1. The Labute approximate surface area is 147 Å². The molecule has 1 atom stereocenters. The number of hydrogen-bond acceptors (Lipinski definition) is 5. The number of aliphatic imine (C=N–C) groups is 1. The van der Waals surface area contributed by atoms with Crippen molar-refractivity contribution in [3.05, 3.63) is 41.3 Å². The van der Waals surface area contributed by atoms with Gasteiger partial charge in [-0.1, -0.05) is 5.16 Å². The highest BCUT2D eigenvalue weighted by Crippen LogP contribution is 2.35. The van der Waals surface area contributed by atoms with Gasteiger partial charge in [-0.3, -0.25) is 4.99 Å². The van der Waals surface area contributed by atoms with Crippen molar-refractivity contribution in [3.8, 4) is 11.5 Å². The lowest BCUT2D eigenvalue weighted by atomic mass is 10.1. The third kappa shape index (κ3) is 4.23. The van der Waals surface area contributed by atoms with Crippen LogP contribution in [0.1, 0.15) is 30.7 Å². The molecule has 0 saturated carbocycles. The molecule has 7 heteroatoms. The lowest BCUT2D eigenvalue weighted by Gasteiger charge is -2.15. The molecule has 2 aromatic rings. The van der Waals surface area contributed by atoms with E-state index in [-0.39, 0.29) is 6.10 Å². The van der Waals surface area contributed by atoms with Crippen LogP contribution in [0.2, 0.25) is 0 Å². The first-order valence-electron chi connectivity index (χ1n) is 8.48. The Morgan fingerprint density at radius 2 is 2.20 bits per heavy atom. The highest BCUT2D eigenvalue weighted by Gasteiger charge is 2.21. The highest BCUT2D eigenvalue weighted by molar-refractivity contribution is 5.79. The van der Waals surface area contributed by atoms with Crippen LogP contribution in [-0.4, -0.2) is 30.9 Å². The third-order valence-corrected chi connectivity index (χ3v) is 3.98. The fourth-order valence-electron chi connectivity index (χ4n) is 2.81. The fourth-order valence-corrected chi connectivity index (χ4v) is 2.81. The summed E-state index contributed by atoms with van der Waals surface area (Å²) in [6.07, 6.45) is 2.68. The quantitative estimate of drug-likeness (QED) is 0.618. The van der Waals surface area contributed by atoms with Crippen molar-refractivity contribution in [1.82, 2.24) is 15.8 Å². The zero-order chi connectivity index (χ0) is 17.6. The van der Waals surface area contributed by atoms with E-state index in [1.54, 1.807) is 13.3 Å². The lowest BCUT2D eigenvalue weighted by molar-refractivity contribution is 0.254. The topological polar surface area (TPSA) is 80.9 Å². The smallest absolute Gasteiger partial charge is 0.191 e. The van der Waals surface area contributed by atoms with Crippen LogP contribution in [0.5, 0.6) is 11.5 Å². The highest BCUT2D eigenvalue weighted by atomic mass is 16.5. The Kier molecular flexibility index (Phi) is 5.42. The van der Waals surface area contributed by atoms with E-state index < -0.39 is 0 Å². The number of fused-ring (bicyclic) bond motifs is 1. The summed E-state index contributed by atoms with van der Waals surface area (Å²) >= 11 is 0. The van der Waals surface area contributed by atoms with Gasteiger partial charge < -0.3 is 24.6 Å². The molecule has 7 nitrogen and oxygen atoms in total. The van der Waals surface area contributed by atoms with Gasteiger partial charge in [0.1, 0.15) is 29.6 Å². The van der Waals surface area contributed by atoms with Gasteiger partial charge in [0, 0.05) is 37.2 Å². The van der Waals surface area contributed by atoms with Gasteiger partial charge in [0.25, 0.3) is 0 Å². The number of hydrogen-bond donors (Lipinski definition) is 2. The molecule has 0 saturated heterocycles. The average molecular weight is 344 g/mol. The molecule has 0 radical (unpaired) electrons. The van der Waals surface area contributed by atoms with Crippen molar-refractivity contribution < 1.29 is 14.0 Å². The van der Waals surface area contributed by atoms with Crippen LogP contribution in [-0.2, 0) is 19.5 Å². The number of guanidine groups is 1. The Bertz CT molecular complexity index is 728. The average Bonchev–Trinajstić information content (AvgIpc) is 3.23. The van der Waals surface area contributed by atoms with Gasteiger partial charge in [-0.05, 0) is 26.0 Å². The molecule has 2 N–H and O–H groups in total. The van der Waals surface area contributed by atoms with E-state index in [4.69, 9.17) is 14.0 Å². The Morgan fingerprint density at radius 1 is 1.36 bits per heavy atom. The van der Waals surface area contributed by atoms with E-state index in [2.05, 4.69) is 39.8 Å². The zero-order valence-electron chi connectivity index (χ0n) is 14.8. The maximum absolute atomic E-state index is 5.86. The minimum atomic E-state index is 0.213. The van der Waals surface area contributed by atoms with Crippen LogP contribution in [0.3, 0.4) is 0 Å². The van der Waals surface area contributed by atoms with E-state index in [0.29, 0.717) is 25.7 Å². The van der Waals surface area contributed by atoms with Gasteiger partial charge in [-0.2, -0.15) is 0 Å². The molecular formula is C18H24N4O3. The molecule has 1 aromatic carbocycles. The summed E-state index contributed by atoms with van der Waals surface area (Å²) < 4.78 is 16.5. The first-order valence-corrected chi connectivity index (χ1v) is 8.48. The maximum atomic E-state index is 5.86. The second-order valence-electron chi connectivity index (χ2n) is 5.90. The molecule has 1 unspecified atom stereocenters. The van der Waals surface area contributed by atoms with Crippen LogP contribution in [0.4, 0.5) is 0 Å². The summed E-state index contributed by atoms with van der Waals surface area (Å²) in [7, 11) is 1.73. The molecule has 0 fully saturated rings. The molecule has 1 aliphatic rings. The predicted molar refractivity (Wildman–Crippen MR) is 94.9 cm³/mol. The molecule has 25 heavy (non-hydrogen) atoms. The third-order valence-electron chi connectivity index (χ3n) is 3.98. The zero-order valence-corrected chi connectivity index (χ0v) is 14.8. The molecule has 0 amide bonds. The number of nitrogens with one attached hydrogen (secondary N) is 2. The summed E-state index contributed by atoms with van der Waals surface area (Å²) in [5, 5.41) is 10.4. The van der Waals surface area contributed by atoms with Crippen molar-refractivity contribution in [2.75, 3.05) is 13.7 Å². The first kappa shape index (κ1) is 17.1. The van der Waals surface area contributed by atoms with Gasteiger partial charge in [0.2, 0.25) is 0 Å². The summed E-state index contributed by atoms with van der Waals surface area (Å²) in [5.41, 5.74) is 3.06. The monoisotopic (exact) mass is 344 g/mol. The summed E-state index contributed by atoms with van der Waals surface area (Å²) in [5.74, 6) is 2.51. The van der Waals surface area contributed by atoms with Gasteiger partial charge in [0.05, 0.1) is 13.2 Å². The van der Waals surface area contributed by atoms with Crippen LogP contribution in [0, 0.1) is 0 Å². The van der Waals surface area contributed by atoms with Crippen molar-refractivity contribution in [2.45, 2.75) is 39.5 Å². The van der Waals surface area contributed by atoms with Crippen LogP contribution >= 0.6 is 0 Å². The lowest BCUT2D eigenvalue weighted by Crippen LogP contribution is -2.36. The van der Waals surface area contributed by atoms with Crippen molar-refractivity contribution in [3.63, 3.8) is 0 Å². The Morgan fingerprint density at radius 3 is 2.92 bits per heavy atom. The number of rotatable bonds is 6. The van der Waals surface area contributed by atoms with E-state index in [1.807, 2.05) is 13.0 Å². The number of ether oxygens (including phenoxy) is 2. The molecule has 0 spiro atoms. The first-order chi connectivity index (χ1) is 12.2. The molecule has 3 rings (SSSR count). The van der Waals surface area contributed by atoms with Gasteiger partial charge >= 0.3 is 0 Å². The summed E-state index contributed by atoms with van der Waals surface area (Å²) in [6.45, 7) is 5.81. The molecule has 134 valence electrons. The fraction of sp³-hybridized carbons (Fsp3) is 0.444. The Hall–Kier alpha value is -2.70. The molecule has 2 heterocycles. The van der Waals surface area contributed by atoms with E-state index in [9.17, 15) is 0 Å². The predicted octanol–water partition coefficient (Wildman–Crippen LogP) is 2.26. The molecule has 0 bridgehead atoms. The largest absolute Gasteiger partial charge is 0.494 e. The number of nitrogens with zero attached hydrogens (tertiary/aromatic N) is 2. The molecule has 1 aromatic heterocycles. The minimum absolute atomic E-state index is 0.213.